The van der Waals surface area contributed by atoms with E-state index < -0.39 is 16.9 Å². The van der Waals surface area contributed by atoms with Crippen molar-refractivity contribution in [3.05, 3.63) is 81.4 Å². The van der Waals surface area contributed by atoms with Gasteiger partial charge in [-0.1, -0.05) is 12.1 Å². The lowest BCUT2D eigenvalue weighted by molar-refractivity contribution is -0.384. The number of ether oxygens (including phenoxy) is 5. The maximum Gasteiger partial charge on any atom is 0.274 e. The third-order valence-electron chi connectivity index (χ3n) is 6.22. The zero-order chi connectivity index (χ0) is 27.4. The minimum Gasteiger partial charge on any atom is -0.497 e. The van der Waals surface area contributed by atoms with Crippen molar-refractivity contribution in [2.24, 2.45) is 5.10 Å². The fourth-order valence-electron chi connectivity index (χ4n) is 4.34. The summed E-state index contributed by atoms with van der Waals surface area (Å²) in [5.41, 5.74) is 1.96. The molecule has 1 heterocycles. The van der Waals surface area contributed by atoms with Crippen LogP contribution in [-0.2, 0) is 0 Å². The van der Waals surface area contributed by atoms with E-state index in [1.807, 2.05) is 0 Å². The molecule has 38 heavy (non-hydrogen) atoms. The molecule has 11 heteroatoms. The van der Waals surface area contributed by atoms with E-state index in [1.54, 1.807) is 37.4 Å². The van der Waals surface area contributed by atoms with Gasteiger partial charge in [-0.2, -0.15) is 5.10 Å². The van der Waals surface area contributed by atoms with Crippen molar-refractivity contribution in [3.63, 3.8) is 0 Å². The van der Waals surface area contributed by atoms with Gasteiger partial charge in [-0.25, -0.2) is 5.01 Å². The highest BCUT2D eigenvalue weighted by molar-refractivity contribution is 6.07. The summed E-state index contributed by atoms with van der Waals surface area (Å²) in [5.74, 6) is 1.62. The fraction of sp³-hybridized carbons (Fsp3) is 0.259. The Hall–Kier alpha value is -4.80. The zero-order valence-corrected chi connectivity index (χ0v) is 21.6. The lowest BCUT2D eigenvalue weighted by Gasteiger charge is -2.23. The maximum absolute atomic E-state index is 13.9. The Balaban J connectivity index is 1.84. The molecular weight excluding hydrogens is 494 g/mol. The smallest absolute Gasteiger partial charge is 0.274 e. The number of nitro groups is 1. The van der Waals surface area contributed by atoms with Gasteiger partial charge in [-0.15, -0.1) is 0 Å². The van der Waals surface area contributed by atoms with Crippen LogP contribution in [0.15, 0.2) is 59.7 Å². The van der Waals surface area contributed by atoms with Crippen LogP contribution in [0.1, 0.15) is 33.9 Å². The molecule has 0 bridgehead atoms. The molecule has 0 N–H and O–H groups in total. The number of nitro benzene ring substituents is 1. The van der Waals surface area contributed by atoms with Crippen LogP contribution in [0.2, 0.25) is 0 Å². The summed E-state index contributed by atoms with van der Waals surface area (Å²) in [7, 11) is 7.47. The van der Waals surface area contributed by atoms with Gasteiger partial charge in [0.25, 0.3) is 11.6 Å². The van der Waals surface area contributed by atoms with Crippen molar-refractivity contribution in [1.29, 1.82) is 0 Å². The third-order valence-corrected chi connectivity index (χ3v) is 6.22. The molecule has 3 aromatic rings. The van der Waals surface area contributed by atoms with E-state index in [0.717, 1.165) is 0 Å². The second-order valence-corrected chi connectivity index (χ2v) is 8.25. The number of non-ortho nitro benzene ring substituents is 1. The van der Waals surface area contributed by atoms with Crippen molar-refractivity contribution in [2.45, 2.75) is 12.5 Å². The van der Waals surface area contributed by atoms with Gasteiger partial charge in [0.15, 0.2) is 11.5 Å². The highest BCUT2D eigenvalue weighted by atomic mass is 16.6. The highest BCUT2D eigenvalue weighted by Crippen LogP contribution is 2.41. The predicted octanol–water partition coefficient (Wildman–Crippen LogP) is 4.63. The van der Waals surface area contributed by atoms with Gasteiger partial charge < -0.3 is 23.7 Å². The number of carbonyl (C=O) groups excluding carboxylic acids is 1. The molecule has 198 valence electrons. The number of rotatable bonds is 9. The van der Waals surface area contributed by atoms with Crippen LogP contribution in [0, 0.1) is 10.1 Å². The molecule has 11 nitrogen and oxygen atoms in total. The summed E-state index contributed by atoms with van der Waals surface area (Å²) in [6.07, 6.45) is 0.292. The number of hydrogen-bond acceptors (Lipinski definition) is 9. The minimum atomic E-state index is -0.622. The first kappa shape index (κ1) is 26.3. The van der Waals surface area contributed by atoms with Gasteiger partial charge in [-0.05, 0) is 29.8 Å². The minimum absolute atomic E-state index is 0.0850. The molecule has 0 unspecified atom stereocenters. The molecule has 1 amide bonds. The monoisotopic (exact) mass is 521 g/mol. The lowest BCUT2D eigenvalue weighted by atomic mass is 9.97. The number of benzene rings is 3. The van der Waals surface area contributed by atoms with Gasteiger partial charge >= 0.3 is 0 Å². The van der Waals surface area contributed by atoms with Crippen molar-refractivity contribution in [3.8, 4) is 28.7 Å². The lowest BCUT2D eigenvalue weighted by Crippen LogP contribution is -2.27. The molecule has 0 aromatic heterocycles. The molecular formula is C27H27N3O8. The van der Waals surface area contributed by atoms with E-state index >= 15 is 0 Å². The Morgan fingerprint density at radius 3 is 2.16 bits per heavy atom. The molecule has 4 rings (SSSR count). The summed E-state index contributed by atoms with van der Waals surface area (Å²) >= 11 is 0. The normalized spacial score (nSPS) is 14.5. The Bertz CT molecular complexity index is 1380. The van der Waals surface area contributed by atoms with Crippen LogP contribution in [0.4, 0.5) is 5.69 Å². The summed E-state index contributed by atoms with van der Waals surface area (Å²) in [4.78, 5) is 24.9. The van der Waals surface area contributed by atoms with Crippen molar-refractivity contribution >= 4 is 17.3 Å². The summed E-state index contributed by atoms with van der Waals surface area (Å²) in [6, 6.07) is 13.9. The maximum atomic E-state index is 13.9. The van der Waals surface area contributed by atoms with Crippen LogP contribution in [0.3, 0.4) is 0 Å². The topological polar surface area (TPSA) is 122 Å². The summed E-state index contributed by atoms with van der Waals surface area (Å²) in [5, 5.41) is 17.5. The van der Waals surface area contributed by atoms with Gasteiger partial charge in [0.2, 0.25) is 5.75 Å². The van der Waals surface area contributed by atoms with E-state index in [9.17, 15) is 14.9 Å². The van der Waals surface area contributed by atoms with Crippen LogP contribution in [0.25, 0.3) is 0 Å². The Morgan fingerprint density at radius 1 is 0.895 bits per heavy atom. The van der Waals surface area contributed by atoms with E-state index in [-0.39, 0.29) is 11.3 Å². The molecule has 0 saturated heterocycles. The molecule has 3 aromatic carbocycles. The molecule has 1 atom stereocenters. The number of amides is 1. The number of nitrogens with zero attached hydrogens (tertiary/aromatic N) is 3. The summed E-state index contributed by atoms with van der Waals surface area (Å²) < 4.78 is 27.1. The van der Waals surface area contributed by atoms with Crippen molar-refractivity contribution < 1.29 is 33.4 Å². The third kappa shape index (κ3) is 4.90. The SMILES string of the molecule is COc1ccc(C2=NN(C(=O)c3cc(OC)c(OC)c(OC)c3)[C@@H](c3cccc([N+](=O)[O-])c3)C2)c(OC)c1. The van der Waals surface area contributed by atoms with E-state index in [1.165, 1.54) is 57.7 Å². The number of carbonyl (C=O) groups is 1. The zero-order valence-electron chi connectivity index (χ0n) is 21.6. The molecule has 0 radical (unpaired) electrons. The number of methoxy groups -OCH3 is 5. The first-order valence-corrected chi connectivity index (χ1v) is 11.5. The van der Waals surface area contributed by atoms with E-state index in [4.69, 9.17) is 23.7 Å². The van der Waals surface area contributed by atoms with Crippen LogP contribution < -0.4 is 23.7 Å². The highest BCUT2D eigenvalue weighted by Gasteiger charge is 2.36. The molecule has 0 saturated carbocycles. The van der Waals surface area contributed by atoms with Crippen LogP contribution >= 0.6 is 0 Å². The molecule has 0 spiro atoms. The van der Waals surface area contributed by atoms with Gasteiger partial charge in [-0.3, -0.25) is 14.9 Å². The van der Waals surface area contributed by atoms with Crippen LogP contribution in [-0.4, -0.2) is 57.1 Å². The second kappa shape index (κ2) is 11.1. The number of hydrogen-bond donors (Lipinski definition) is 0. The van der Waals surface area contributed by atoms with E-state index in [0.29, 0.717) is 52.0 Å². The Morgan fingerprint density at radius 2 is 1.58 bits per heavy atom. The average molecular weight is 522 g/mol. The first-order valence-electron chi connectivity index (χ1n) is 11.5. The van der Waals surface area contributed by atoms with Gasteiger partial charge in [0.05, 0.1) is 52.2 Å². The van der Waals surface area contributed by atoms with E-state index in [2.05, 4.69) is 5.10 Å². The quantitative estimate of drug-likeness (QED) is 0.295. The summed E-state index contributed by atoms with van der Waals surface area (Å²) in [6.45, 7) is 0. The number of hydrazone groups is 1. The molecule has 0 aliphatic carbocycles. The predicted molar refractivity (Wildman–Crippen MR) is 139 cm³/mol. The fourth-order valence-corrected chi connectivity index (χ4v) is 4.34. The van der Waals surface area contributed by atoms with Gasteiger partial charge in [0, 0.05) is 35.7 Å². The average Bonchev–Trinajstić information content (AvgIpc) is 3.40. The Labute approximate surface area is 219 Å². The Kier molecular flexibility index (Phi) is 7.66. The molecule has 0 fully saturated rings. The largest absolute Gasteiger partial charge is 0.497 e. The molecule has 1 aliphatic rings. The van der Waals surface area contributed by atoms with Crippen molar-refractivity contribution in [1.82, 2.24) is 5.01 Å². The van der Waals surface area contributed by atoms with Gasteiger partial charge in [0.1, 0.15) is 11.5 Å². The first-order chi connectivity index (χ1) is 18.3. The second-order valence-electron chi connectivity index (χ2n) is 8.25. The van der Waals surface area contributed by atoms with Crippen LogP contribution in [0.5, 0.6) is 28.7 Å². The standard InChI is InChI=1S/C27H27N3O8/c1-34-19-9-10-20(23(14-19)35-2)21-15-22(16-7-6-8-18(11-16)30(32)33)29(28-21)27(31)17-12-24(36-3)26(38-5)25(13-17)37-4/h6-14,22H,15H2,1-5H3/t22-/m1/s1. The van der Waals surface area contributed by atoms with Crippen molar-refractivity contribution in [2.75, 3.05) is 35.5 Å². The molecule has 1 aliphatic heterocycles.